The van der Waals surface area contributed by atoms with Crippen molar-refractivity contribution in [1.29, 1.82) is 0 Å². The highest BCUT2D eigenvalue weighted by atomic mass is 35.5. The van der Waals surface area contributed by atoms with E-state index >= 15 is 0 Å². The van der Waals surface area contributed by atoms with Crippen LogP contribution in [0, 0.1) is 0 Å². The highest BCUT2D eigenvalue weighted by molar-refractivity contribution is 7.89. The molecule has 1 saturated heterocycles. The summed E-state index contributed by atoms with van der Waals surface area (Å²) in [6.07, 6.45) is 1.69. The highest BCUT2D eigenvalue weighted by Crippen LogP contribution is 2.22. The van der Waals surface area contributed by atoms with Gasteiger partial charge in [-0.1, -0.05) is 17.7 Å². The van der Waals surface area contributed by atoms with Gasteiger partial charge in [-0.25, -0.2) is 8.42 Å². The molecule has 0 aromatic heterocycles. The molecule has 1 aliphatic rings. The fraction of sp³-hybridized carbons (Fsp3) is 0.500. The second-order valence-corrected chi connectivity index (χ2v) is 6.89. The third kappa shape index (κ3) is 2.85. The molecule has 1 aromatic rings. The van der Waals surface area contributed by atoms with Crippen molar-refractivity contribution in [3.63, 3.8) is 0 Å². The largest absolute Gasteiger partial charge is 0.317 e. The third-order valence-corrected chi connectivity index (χ3v) is 5.44. The topological polar surface area (TPSA) is 49.4 Å². The fourth-order valence-electron chi connectivity index (χ4n) is 2.16. The summed E-state index contributed by atoms with van der Waals surface area (Å²) in [5.41, 5.74) is 0. The van der Waals surface area contributed by atoms with Crippen molar-refractivity contribution >= 4 is 21.6 Å². The predicted molar refractivity (Wildman–Crippen MR) is 72.3 cm³/mol. The lowest BCUT2D eigenvalue weighted by atomic mass is 10.1. The first-order valence-electron chi connectivity index (χ1n) is 5.96. The third-order valence-electron chi connectivity index (χ3n) is 3.30. The van der Waals surface area contributed by atoms with Crippen molar-refractivity contribution in [2.75, 3.05) is 20.1 Å². The van der Waals surface area contributed by atoms with Crippen molar-refractivity contribution in [3.05, 3.63) is 29.3 Å². The van der Waals surface area contributed by atoms with Gasteiger partial charge in [0.05, 0.1) is 4.90 Å². The van der Waals surface area contributed by atoms with Crippen LogP contribution >= 0.6 is 11.6 Å². The molecule has 100 valence electrons. The van der Waals surface area contributed by atoms with Gasteiger partial charge in [0.1, 0.15) is 0 Å². The van der Waals surface area contributed by atoms with Gasteiger partial charge in [-0.15, -0.1) is 0 Å². The Bertz CT molecular complexity index is 513. The normalized spacial score (nSPS) is 18.2. The van der Waals surface area contributed by atoms with Gasteiger partial charge in [-0.2, -0.15) is 4.31 Å². The molecular formula is C12H17ClN2O2S. The molecule has 0 spiro atoms. The molecule has 0 bridgehead atoms. The van der Waals surface area contributed by atoms with Gasteiger partial charge in [-0.05, 0) is 44.1 Å². The van der Waals surface area contributed by atoms with Crippen molar-refractivity contribution in [3.8, 4) is 0 Å². The standard InChI is InChI=1S/C12H17ClN2O2S/c1-15(11-5-7-14-8-6-11)18(16,17)12-4-2-3-10(13)9-12/h2-4,9,11,14H,5-8H2,1H3. The van der Waals surface area contributed by atoms with Gasteiger partial charge in [0, 0.05) is 18.1 Å². The summed E-state index contributed by atoms with van der Waals surface area (Å²) in [5, 5.41) is 3.67. The number of piperidine rings is 1. The summed E-state index contributed by atoms with van der Waals surface area (Å²) in [6.45, 7) is 1.72. The van der Waals surface area contributed by atoms with Crippen LogP contribution in [0.15, 0.2) is 29.2 Å². The second kappa shape index (κ2) is 5.57. The van der Waals surface area contributed by atoms with Gasteiger partial charge in [-0.3, -0.25) is 0 Å². The van der Waals surface area contributed by atoms with E-state index in [0.29, 0.717) is 5.02 Å². The monoisotopic (exact) mass is 288 g/mol. The van der Waals surface area contributed by atoms with Gasteiger partial charge >= 0.3 is 0 Å². The molecule has 0 saturated carbocycles. The molecule has 1 heterocycles. The van der Waals surface area contributed by atoms with E-state index < -0.39 is 10.0 Å². The van der Waals surface area contributed by atoms with E-state index in [0.717, 1.165) is 25.9 Å². The summed E-state index contributed by atoms with van der Waals surface area (Å²) in [6, 6.07) is 6.47. The van der Waals surface area contributed by atoms with E-state index in [-0.39, 0.29) is 10.9 Å². The molecule has 1 aromatic carbocycles. The number of benzene rings is 1. The summed E-state index contributed by atoms with van der Waals surface area (Å²) in [7, 11) is -1.79. The van der Waals surface area contributed by atoms with Crippen LogP contribution in [0.25, 0.3) is 0 Å². The number of sulfonamides is 1. The predicted octanol–water partition coefficient (Wildman–Crippen LogP) is 1.71. The quantitative estimate of drug-likeness (QED) is 0.921. The first-order chi connectivity index (χ1) is 8.51. The van der Waals surface area contributed by atoms with Crippen LogP contribution in [0.2, 0.25) is 5.02 Å². The minimum atomic E-state index is -3.44. The Morgan fingerprint density at radius 1 is 1.33 bits per heavy atom. The van der Waals surface area contributed by atoms with Crippen molar-refractivity contribution in [2.45, 2.75) is 23.8 Å². The van der Waals surface area contributed by atoms with Gasteiger partial charge in [0.25, 0.3) is 0 Å². The van der Waals surface area contributed by atoms with Gasteiger partial charge in [0.15, 0.2) is 0 Å². The number of rotatable bonds is 3. The number of hydrogen-bond donors (Lipinski definition) is 1. The fourth-order valence-corrected chi connectivity index (χ4v) is 3.88. The van der Waals surface area contributed by atoms with Gasteiger partial charge < -0.3 is 5.32 Å². The Hall–Kier alpha value is -0.620. The van der Waals surface area contributed by atoms with E-state index in [1.807, 2.05) is 0 Å². The van der Waals surface area contributed by atoms with Crippen LogP contribution in [-0.2, 0) is 10.0 Å². The molecule has 1 aliphatic heterocycles. The maximum Gasteiger partial charge on any atom is 0.243 e. The van der Waals surface area contributed by atoms with Crippen LogP contribution in [0.3, 0.4) is 0 Å². The maximum atomic E-state index is 12.4. The first kappa shape index (κ1) is 13.8. The average Bonchev–Trinajstić information content (AvgIpc) is 2.39. The molecule has 0 atom stereocenters. The lowest BCUT2D eigenvalue weighted by molar-refractivity contribution is 0.296. The van der Waals surface area contributed by atoms with E-state index in [2.05, 4.69) is 5.32 Å². The number of hydrogen-bond acceptors (Lipinski definition) is 3. The Kier molecular flexibility index (Phi) is 4.27. The second-order valence-electron chi connectivity index (χ2n) is 4.46. The molecule has 1 N–H and O–H groups in total. The molecule has 2 rings (SSSR count). The molecule has 0 unspecified atom stereocenters. The van der Waals surface area contributed by atoms with E-state index in [1.165, 1.54) is 10.4 Å². The number of nitrogens with one attached hydrogen (secondary N) is 1. The Labute approximate surface area is 113 Å². The summed E-state index contributed by atoms with van der Waals surface area (Å²) >= 11 is 5.85. The molecule has 18 heavy (non-hydrogen) atoms. The highest BCUT2D eigenvalue weighted by Gasteiger charge is 2.28. The Balaban J connectivity index is 2.24. The zero-order valence-corrected chi connectivity index (χ0v) is 11.8. The minimum Gasteiger partial charge on any atom is -0.317 e. The lowest BCUT2D eigenvalue weighted by Gasteiger charge is -2.30. The molecular weight excluding hydrogens is 272 g/mol. The van der Waals surface area contributed by atoms with Crippen molar-refractivity contribution in [2.24, 2.45) is 0 Å². The molecule has 0 radical (unpaired) electrons. The Morgan fingerprint density at radius 2 is 2.00 bits per heavy atom. The summed E-state index contributed by atoms with van der Waals surface area (Å²) < 4.78 is 26.3. The smallest absolute Gasteiger partial charge is 0.243 e. The maximum absolute atomic E-state index is 12.4. The van der Waals surface area contributed by atoms with Crippen LogP contribution < -0.4 is 5.32 Å². The average molecular weight is 289 g/mol. The van der Waals surface area contributed by atoms with Crippen LogP contribution in [0.4, 0.5) is 0 Å². The SMILES string of the molecule is CN(C1CCNCC1)S(=O)(=O)c1cccc(Cl)c1. The molecule has 4 nitrogen and oxygen atoms in total. The van der Waals surface area contributed by atoms with E-state index in [1.54, 1.807) is 25.2 Å². The minimum absolute atomic E-state index is 0.0650. The first-order valence-corrected chi connectivity index (χ1v) is 7.78. The van der Waals surface area contributed by atoms with Crippen LogP contribution in [-0.4, -0.2) is 38.9 Å². The van der Waals surface area contributed by atoms with Crippen molar-refractivity contribution < 1.29 is 8.42 Å². The van der Waals surface area contributed by atoms with E-state index in [4.69, 9.17) is 11.6 Å². The van der Waals surface area contributed by atoms with Crippen LogP contribution in [0.1, 0.15) is 12.8 Å². The summed E-state index contributed by atoms with van der Waals surface area (Å²) in [4.78, 5) is 0.260. The molecule has 0 aliphatic carbocycles. The van der Waals surface area contributed by atoms with E-state index in [9.17, 15) is 8.42 Å². The van der Waals surface area contributed by atoms with Crippen molar-refractivity contribution in [1.82, 2.24) is 9.62 Å². The zero-order chi connectivity index (χ0) is 13.2. The molecule has 6 heteroatoms. The lowest BCUT2D eigenvalue weighted by Crippen LogP contribution is -2.43. The molecule has 1 fully saturated rings. The Morgan fingerprint density at radius 3 is 2.61 bits per heavy atom. The molecule has 0 amide bonds. The van der Waals surface area contributed by atoms with Gasteiger partial charge in [0.2, 0.25) is 10.0 Å². The number of nitrogens with zero attached hydrogens (tertiary/aromatic N) is 1. The zero-order valence-electron chi connectivity index (χ0n) is 10.3. The number of halogens is 1. The summed E-state index contributed by atoms with van der Waals surface area (Å²) in [5.74, 6) is 0. The van der Waals surface area contributed by atoms with Crippen LogP contribution in [0.5, 0.6) is 0 Å².